The van der Waals surface area contributed by atoms with Gasteiger partial charge in [-0.3, -0.25) is 5.01 Å². The predicted molar refractivity (Wildman–Crippen MR) is 81.9 cm³/mol. The van der Waals surface area contributed by atoms with E-state index in [0.717, 1.165) is 24.3 Å². The summed E-state index contributed by atoms with van der Waals surface area (Å²) in [4.78, 5) is 0. The molecule has 1 aliphatic rings. The van der Waals surface area contributed by atoms with Crippen LogP contribution in [0.1, 0.15) is 18.4 Å². The van der Waals surface area contributed by atoms with Crippen molar-refractivity contribution in [3.8, 4) is 11.1 Å². The summed E-state index contributed by atoms with van der Waals surface area (Å²) < 4.78 is 0. The predicted octanol–water partition coefficient (Wildman–Crippen LogP) is 4.76. The first kappa shape index (κ1) is 12.9. The fourth-order valence-corrected chi connectivity index (χ4v) is 2.57. The number of rotatable bonds is 3. The van der Waals surface area contributed by atoms with Crippen molar-refractivity contribution in [1.82, 2.24) is 5.01 Å². The monoisotopic (exact) mass is 265 g/mol. The SMILES string of the molecule is Cc1ccccc1-c1ccccc1N=NN1CCCC1. The fourth-order valence-electron chi connectivity index (χ4n) is 2.57. The van der Waals surface area contributed by atoms with Gasteiger partial charge in [-0.05, 0) is 37.0 Å². The smallest absolute Gasteiger partial charge is 0.0952 e. The van der Waals surface area contributed by atoms with Crippen LogP contribution in [0, 0.1) is 6.92 Å². The average molecular weight is 265 g/mol. The minimum absolute atomic E-state index is 0.939. The molecule has 3 heteroatoms. The number of aryl methyl sites for hydroxylation is 1. The first-order chi connectivity index (χ1) is 9.84. The van der Waals surface area contributed by atoms with Crippen molar-refractivity contribution in [2.75, 3.05) is 13.1 Å². The Morgan fingerprint density at radius 1 is 0.850 bits per heavy atom. The Balaban J connectivity index is 1.94. The van der Waals surface area contributed by atoms with Crippen LogP contribution in [0.15, 0.2) is 58.9 Å². The summed E-state index contributed by atoms with van der Waals surface area (Å²) in [6.07, 6.45) is 2.44. The first-order valence-corrected chi connectivity index (χ1v) is 7.16. The highest BCUT2D eigenvalue weighted by Crippen LogP contribution is 2.32. The molecule has 0 unspecified atom stereocenters. The average Bonchev–Trinajstić information content (AvgIpc) is 2.99. The molecule has 0 saturated carbocycles. The molecule has 2 aromatic carbocycles. The molecular weight excluding hydrogens is 246 g/mol. The Kier molecular flexibility index (Phi) is 3.77. The molecule has 2 aromatic rings. The van der Waals surface area contributed by atoms with Gasteiger partial charge in [0.25, 0.3) is 0 Å². The van der Waals surface area contributed by atoms with Crippen LogP contribution < -0.4 is 0 Å². The lowest BCUT2D eigenvalue weighted by atomic mass is 9.99. The first-order valence-electron chi connectivity index (χ1n) is 7.16. The highest BCUT2D eigenvalue weighted by molar-refractivity contribution is 5.77. The van der Waals surface area contributed by atoms with Gasteiger partial charge in [0, 0.05) is 18.7 Å². The molecule has 20 heavy (non-hydrogen) atoms. The van der Waals surface area contributed by atoms with Crippen LogP contribution in [0.3, 0.4) is 0 Å². The maximum atomic E-state index is 4.46. The molecule has 0 amide bonds. The normalized spacial score (nSPS) is 15.2. The van der Waals surface area contributed by atoms with E-state index in [0.29, 0.717) is 0 Å². The highest BCUT2D eigenvalue weighted by atomic mass is 15.5. The molecule has 0 aliphatic carbocycles. The summed E-state index contributed by atoms with van der Waals surface area (Å²) in [6, 6.07) is 16.6. The lowest BCUT2D eigenvalue weighted by molar-refractivity contribution is 0.337. The van der Waals surface area contributed by atoms with Gasteiger partial charge < -0.3 is 0 Å². The second kappa shape index (κ2) is 5.87. The van der Waals surface area contributed by atoms with Gasteiger partial charge in [0.05, 0.1) is 5.69 Å². The van der Waals surface area contributed by atoms with E-state index in [9.17, 15) is 0 Å². The maximum Gasteiger partial charge on any atom is 0.0952 e. The Labute approximate surface area is 119 Å². The second-order valence-corrected chi connectivity index (χ2v) is 5.18. The van der Waals surface area contributed by atoms with Gasteiger partial charge >= 0.3 is 0 Å². The van der Waals surface area contributed by atoms with Crippen molar-refractivity contribution in [2.24, 2.45) is 10.3 Å². The van der Waals surface area contributed by atoms with Gasteiger partial charge in [-0.2, -0.15) is 0 Å². The van der Waals surface area contributed by atoms with Crippen LogP contribution in [0.5, 0.6) is 0 Å². The molecule has 102 valence electrons. The molecule has 0 radical (unpaired) electrons. The zero-order valence-electron chi connectivity index (χ0n) is 11.8. The molecule has 0 N–H and O–H groups in total. The van der Waals surface area contributed by atoms with Gasteiger partial charge in [-0.1, -0.05) is 47.7 Å². The molecular formula is C17H19N3. The minimum Gasteiger partial charge on any atom is -0.278 e. The zero-order valence-corrected chi connectivity index (χ0v) is 11.8. The van der Waals surface area contributed by atoms with Crippen molar-refractivity contribution in [2.45, 2.75) is 19.8 Å². The molecule has 1 heterocycles. The molecule has 3 nitrogen and oxygen atoms in total. The van der Waals surface area contributed by atoms with Crippen LogP contribution in [0.25, 0.3) is 11.1 Å². The van der Waals surface area contributed by atoms with E-state index in [1.54, 1.807) is 0 Å². The van der Waals surface area contributed by atoms with Crippen LogP contribution in [-0.4, -0.2) is 18.1 Å². The number of hydrogen-bond acceptors (Lipinski definition) is 2. The van der Waals surface area contributed by atoms with E-state index < -0.39 is 0 Å². The van der Waals surface area contributed by atoms with Gasteiger partial charge in [0.2, 0.25) is 0 Å². The Bertz CT molecular complexity index is 613. The lowest BCUT2D eigenvalue weighted by Crippen LogP contribution is -2.09. The van der Waals surface area contributed by atoms with E-state index in [1.807, 2.05) is 12.1 Å². The van der Waals surface area contributed by atoms with E-state index in [1.165, 1.54) is 24.0 Å². The molecule has 3 rings (SSSR count). The third kappa shape index (κ3) is 2.72. The Morgan fingerprint density at radius 2 is 1.50 bits per heavy atom. The van der Waals surface area contributed by atoms with Gasteiger partial charge in [-0.15, -0.1) is 5.11 Å². The van der Waals surface area contributed by atoms with Gasteiger partial charge in [0.1, 0.15) is 0 Å². The number of benzene rings is 2. The minimum atomic E-state index is 0.939. The molecule has 0 atom stereocenters. The molecule has 1 saturated heterocycles. The molecule has 1 fully saturated rings. The fraction of sp³-hybridized carbons (Fsp3) is 0.294. The van der Waals surface area contributed by atoms with Crippen molar-refractivity contribution in [3.63, 3.8) is 0 Å². The highest BCUT2D eigenvalue weighted by Gasteiger charge is 2.10. The van der Waals surface area contributed by atoms with Crippen LogP contribution in [-0.2, 0) is 0 Å². The van der Waals surface area contributed by atoms with E-state index in [4.69, 9.17) is 0 Å². The summed E-state index contributed by atoms with van der Waals surface area (Å²) in [7, 11) is 0. The summed E-state index contributed by atoms with van der Waals surface area (Å²) in [5, 5.41) is 10.9. The van der Waals surface area contributed by atoms with Crippen molar-refractivity contribution in [3.05, 3.63) is 54.1 Å². The largest absolute Gasteiger partial charge is 0.278 e. The number of hydrogen-bond donors (Lipinski definition) is 0. The summed E-state index contributed by atoms with van der Waals surface area (Å²) >= 11 is 0. The van der Waals surface area contributed by atoms with E-state index in [-0.39, 0.29) is 0 Å². The molecule has 0 spiro atoms. The summed E-state index contributed by atoms with van der Waals surface area (Å²) in [5.41, 5.74) is 4.57. The third-order valence-corrected chi connectivity index (χ3v) is 3.70. The molecule has 0 bridgehead atoms. The molecule has 1 aliphatic heterocycles. The van der Waals surface area contributed by atoms with Crippen LogP contribution in [0.2, 0.25) is 0 Å². The topological polar surface area (TPSA) is 28.0 Å². The third-order valence-electron chi connectivity index (χ3n) is 3.70. The van der Waals surface area contributed by atoms with E-state index >= 15 is 0 Å². The van der Waals surface area contributed by atoms with Gasteiger partial charge in [-0.25, -0.2) is 0 Å². The Morgan fingerprint density at radius 3 is 2.25 bits per heavy atom. The lowest BCUT2D eigenvalue weighted by Gasteiger charge is -2.10. The van der Waals surface area contributed by atoms with Crippen molar-refractivity contribution >= 4 is 5.69 Å². The number of nitrogens with zero attached hydrogens (tertiary/aromatic N) is 3. The quantitative estimate of drug-likeness (QED) is 0.735. The van der Waals surface area contributed by atoms with Gasteiger partial charge in [0.15, 0.2) is 0 Å². The van der Waals surface area contributed by atoms with Crippen molar-refractivity contribution in [1.29, 1.82) is 0 Å². The van der Waals surface area contributed by atoms with E-state index in [2.05, 4.69) is 58.7 Å². The summed E-state index contributed by atoms with van der Waals surface area (Å²) in [5.74, 6) is 0. The standard InChI is InChI=1S/C17H19N3/c1-14-8-2-3-9-15(14)16-10-4-5-11-17(16)18-19-20-12-6-7-13-20/h2-5,8-11H,6-7,12-13H2,1H3. The van der Waals surface area contributed by atoms with Crippen molar-refractivity contribution < 1.29 is 0 Å². The Hall–Kier alpha value is -2.16. The second-order valence-electron chi connectivity index (χ2n) is 5.18. The zero-order chi connectivity index (χ0) is 13.8. The van der Waals surface area contributed by atoms with Crippen LogP contribution >= 0.6 is 0 Å². The molecule has 0 aromatic heterocycles. The maximum absolute atomic E-state index is 4.46. The van der Waals surface area contributed by atoms with Crippen LogP contribution in [0.4, 0.5) is 5.69 Å². The summed E-state index contributed by atoms with van der Waals surface area (Å²) in [6.45, 7) is 4.18.